The largest absolute Gasteiger partial charge is 0.478 e. The third-order valence-electron chi connectivity index (χ3n) is 1.88. The molecule has 0 unspecified atom stereocenters. The van der Waals surface area contributed by atoms with Crippen molar-refractivity contribution in [1.29, 1.82) is 0 Å². The van der Waals surface area contributed by atoms with E-state index in [-0.39, 0.29) is 15.6 Å². The first-order valence-corrected chi connectivity index (χ1v) is 4.47. The second-order valence-electron chi connectivity index (χ2n) is 2.71. The van der Waals surface area contributed by atoms with E-state index in [1.807, 2.05) is 0 Å². The van der Waals surface area contributed by atoms with Crippen LogP contribution in [0.5, 0.6) is 0 Å². The predicted molar refractivity (Wildman–Crippen MR) is 54.1 cm³/mol. The molecule has 14 heavy (non-hydrogen) atoms. The summed E-state index contributed by atoms with van der Waals surface area (Å²) in [6.45, 7) is 0. The minimum atomic E-state index is -1.14. The second kappa shape index (κ2) is 3.19. The van der Waals surface area contributed by atoms with Crippen LogP contribution in [0, 0.1) is 6.07 Å². The normalized spacial score (nSPS) is 10.7. The number of carbonyl (C=O) groups is 1. The molecule has 0 aliphatic carbocycles. The Kier molecular flexibility index (Phi) is 2.13. The number of aromatic nitrogens is 1. The maximum absolute atomic E-state index is 10.8. The molecule has 1 radical (unpaired) electrons. The number of carboxylic acids is 1. The van der Waals surface area contributed by atoms with E-state index in [1.54, 1.807) is 6.20 Å². The zero-order chi connectivity index (χ0) is 10.3. The molecule has 0 spiro atoms. The minimum absolute atomic E-state index is 0.0864. The van der Waals surface area contributed by atoms with Crippen molar-refractivity contribution in [3.63, 3.8) is 0 Å². The highest BCUT2D eigenvalue weighted by atomic mass is 35.5. The molecule has 0 aliphatic heterocycles. The van der Waals surface area contributed by atoms with Crippen LogP contribution in [-0.4, -0.2) is 16.1 Å². The molecule has 0 fully saturated rings. The minimum Gasteiger partial charge on any atom is -0.478 e. The lowest BCUT2D eigenvalue weighted by Gasteiger charge is -2.02. The first-order valence-electron chi connectivity index (χ1n) is 3.71. The van der Waals surface area contributed by atoms with Gasteiger partial charge in [0.2, 0.25) is 0 Å². The van der Waals surface area contributed by atoms with Gasteiger partial charge in [0.15, 0.2) is 0 Å². The Bertz CT molecular complexity index is 519. The summed E-state index contributed by atoms with van der Waals surface area (Å²) in [5.41, 5.74) is 0.449. The molecule has 0 atom stereocenters. The van der Waals surface area contributed by atoms with Crippen LogP contribution in [0.15, 0.2) is 12.3 Å². The Morgan fingerprint density at radius 1 is 1.50 bits per heavy atom. The van der Waals surface area contributed by atoms with Crippen molar-refractivity contribution in [1.82, 2.24) is 4.98 Å². The van der Waals surface area contributed by atoms with Crippen molar-refractivity contribution in [2.75, 3.05) is 0 Å². The Morgan fingerprint density at radius 3 is 2.86 bits per heavy atom. The molecule has 0 saturated heterocycles. The summed E-state index contributed by atoms with van der Waals surface area (Å²) in [5.74, 6) is -1.14. The molecule has 0 bridgehead atoms. The van der Waals surface area contributed by atoms with Gasteiger partial charge in [-0.15, -0.1) is 0 Å². The van der Waals surface area contributed by atoms with E-state index in [1.165, 1.54) is 6.07 Å². The fourth-order valence-electron chi connectivity index (χ4n) is 1.26. The first kappa shape index (κ1) is 9.37. The van der Waals surface area contributed by atoms with Crippen LogP contribution in [0.1, 0.15) is 10.4 Å². The quantitative estimate of drug-likeness (QED) is 0.789. The van der Waals surface area contributed by atoms with Crippen molar-refractivity contribution < 1.29 is 9.90 Å². The van der Waals surface area contributed by atoms with Gasteiger partial charge >= 0.3 is 5.97 Å². The summed E-state index contributed by atoms with van der Waals surface area (Å²) in [7, 11) is 0. The maximum atomic E-state index is 10.8. The van der Waals surface area contributed by atoms with E-state index in [9.17, 15) is 4.79 Å². The van der Waals surface area contributed by atoms with Crippen molar-refractivity contribution in [2.24, 2.45) is 0 Å². The second-order valence-corrected chi connectivity index (χ2v) is 3.49. The number of nitrogens with one attached hydrogen (secondary N) is 1. The average Bonchev–Trinajstić information content (AvgIpc) is 2.50. The highest BCUT2D eigenvalue weighted by Gasteiger charge is 2.17. The van der Waals surface area contributed by atoms with Crippen LogP contribution in [0.3, 0.4) is 0 Å². The van der Waals surface area contributed by atoms with Gasteiger partial charge in [0.05, 0.1) is 21.1 Å². The molecule has 0 amide bonds. The average molecular weight is 229 g/mol. The smallest absolute Gasteiger partial charge is 0.338 e. The molecule has 5 heteroatoms. The summed E-state index contributed by atoms with van der Waals surface area (Å²) in [6.07, 6.45) is 1.55. The molecule has 3 nitrogen and oxygen atoms in total. The number of carboxylic acid groups (broad SMARTS) is 1. The number of hydrogen-bond acceptors (Lipinski definition) is 1. The van der Waals surface area contributed by atoms with Gasteiger partial charge in [-0.25, -0.2) is 4.79 Å². The number of rotatable bonds is 1. The number of halogens is 2. The van der Waals surface area contributed by atoms with Crippen molar-refractivity contribution in [2.45, 2.75) is 0 Å². The molecule has 71 valence electrons. The van der Waals surface area contributed by atoms with Gasteiger partial charge in [0.25, 0.3) is 0 Å². The Balaban J connectivity index is 2.89. The summed E-state index contributed by atoms with van der Waals surface area (Å²) in [4.78, 5) is 13.6. The molecule has 1 aromatic carbocycles. The number of aromatic amines is 1. The molecule has 0 aliphatic rings. The standard InChI is InChI=1S/C9H4Cl2NO2/c10-5-3-4-1-2-12-8(4)7(11)6(5)9(13)14/h2-3,12H,(H,13,14). The van der Waals surface area contributed by atoms with Crippen molar-refractivity contribution >= 4 is 40.1 Å². The lowest BCUT2D eigenvalue weighted by Crippen LogP contribution is -1.99. The molecule has 2 N–H and O–H groups in total. The van der Waals surface area contributed by atoms with E-state index < -0.39 is 5.97 Å². The van der Waals surface area contributed by atoms with Gasteiger partial charge in [0.1, 0.15) is 0 Å². The lowest BCUT2D eigenvalue weighted by atomic mass is 10.1. The van der Waals surface area contributed by atoms with E-state index in [4.69, 9.17) is 28.3 Å². The topological polar surface area (TPSA) is 53.1 Å². The van der Waals surface area contributed by atoms with Gasteiger partial charge in [-0.05, 0) is 6.07 Å². The number of H-pyrrole nitrogens is 1. The number of benzene rings is 1. The van der Waals surface area contributed by atoms with Crippen LogP contribution in [0.4, 0.5) is 0 Å². The molecular weight excluding hydrogens is 225 g/mol. The number of hydrogen-bond donors (Lipinski definition) is 2. The van der Waals surface area contributed by atoms with Gasteiger partial charge in [-0.1, -0.05) is 23.2 Å². The van der Waals surface area contributed by atoms with Crippen LogP contribution < -0.4 is 0 Å². The van der Waals surface area contributed by atoms with E-state index in [0.29, 0.717) is 10.9 Å². The highest BCUT2D eigenvalue weighted by molar-refractivity contribution is 6.42. The fourth-order valence-corrected chi connectivity index (χ4v) is 1.93. The molecule has 1 heterocycles. The van der Waals surface area contributed by atoms with E-state index in [0.717, 1.165) is 0 Å². The summed E-state index contributed by atoms with van der Waals surface area (Å²) >= 11 is 11.6. The van der Waals surface area contributed by atoms with Crippen molar-refractivity contribution in [3.05, 3.63) is 33.9 Å². The number of fused-ring (bicyclic) bond motifs is 1. The zero-order valence-electron chi connectivity index (χ0n) is 6.77. The summed E-state index contributed by atoms with van der Waals surface area (Å²) in [6, 6.07) is 4.37. The molecule has 1 aromatic heterocycles. The van der Waals surface area contributed by atoms with E-state index >= 15 is 0 Å². The van der Waals surface area contributed by atoms with Gasteiger partial charge in [-0.2, -0.15) is 0 Å². The molecule has 0 saturated carbocycles. The predicted octanol–water partition coefficient (Wildman–Crippen LogP) is 2.97. The SMILES string of the molecule is O=C(O)c1c(Cl)cc2[c]c[nH]c2c1Cl. The molecule has 2 rings (SSSR count). The summed E-state index contributed by atoms with van der Waals surface area (Å²) < 4.78 is 0. The zero-order valence-corrected chi connectivity index (χ0v) is 8.28. The fraction of sp³-hybridized carbons (Fsp3) is 0. The van der Waals surface area contributed by atoms with Gasteiger partial charge in [0, 0.05) is 17.6 Å². The van der Waals surface area contributed by atoms with Crippen LogP contribution >= 0.6 is 23.2 Å². The Morgan fingerprint density at radius 2 is 2.21 bits per heavy atom. The van der Waals surface area contributed by atoms with Crippen LogP contribution in [-0.2, 0) is 0 Å². The van der Waals surface area contributed by atoms with Crippen LogP contribution in [0.25, 0.3) is 10.9 Å². The Labute approximate surface area is 89.2 Å². The van der Waals surface area contributed by atoms with Gasteiger partial charge < -0.3 is 10.1 Å². The third-order valence-corrected chi connectivity index (χ3v) is 2.55. The third kappa shape index (κ3) is 1.25. The first-order chi connectivity index (χ1) is 6.61. The van der Waals surface area contributed by atoms with Crippen LogP contribution in [0.2, 0.25) is 10.0 Å². The lowest BCUT2D eigenvalue weighted by molar-refractivity contribution is 0.0697. The molecular formula is C9H4Cl2NO2. The Hall–Kier alpha value is -1.19. The monoisotopic (exact) mass is 228 g/mol. The van der Waals surface area contributed by atoms with Crippen molar-refractivity contribution in [3.8, 4) is 0 Å². The maximum Gasteiger partial charge on any atom is 0.338 e. The highest BCUT2D eigenvalue weighted by Crippen LogP contribution is 2.31. The number of aromatic carboxylic acids is 1. The van der Waals surface area contributed by atoms with Gasteiger partial charge in [-0.3, -0.25) is 0 Å². The van der Waals surface area contributed by atoms with E-state index in [2.05, 4.69) is 11.1 Å². The molecule has 2 aromatic rings. The summed E-state index contributed by atoms with van der Waals surface area (Å²) in [5, 5.41) is 9.75.